The number of carbonyl (C=O) groups is 6. The molecule has 6 aromatic carbocycles. The highest BCUT2D eigenvalue weighted by Crippen LogP contribution is 2.44. The Labute approximate surface area is 632 Å². The molecule has 2 fully saturated rings. The van der Waals surface area contributed by atoms with Crippen molar-refractivity contribution >= 4 is 70.1 Å². The predicted molar refractivity (Wildman–Crippen MR) is 408 cm³/mol. The molecular formula is C81H100F4N6O18. The van der Waals surface area contributed by atoms with Crippen LogP contribution in [0.1, 0.15) is 295 Å². The fourth-order valence-electron chi connectivity index (χ4n) is 9.99. The van der Waals surface area contributed by atoms with Crippen LogP contribution in [0.3, 0.4) is 0 Å². The van der Waals surface area contributed by atoms with Crippen LogP contribution in [0.15, 0.2) is 140 Å². The Kier molecular flexibility index (Phi) is 40.5. The Bertz CT molecular complexity index is 4050. The highest BCUT2D eigenvalue weighted by molar-refractivity contribution is 5.93. The number of alkyl halides is 4. The molecule has 0 saturated heterocycles. The van der Waals surface area contributed by atoms with E-state index in [9.17, 15) is 56.5 Å². The van der Waals surface area contributed by atoms with Crippen molar-refractivity contribution in [3.63, 3.8) is 0 Å². The van der Waals surface area contributed by atoms with Gasteiger partial charge in [-0.05, 0) is 191 Å². The van der Waals surface area contributed by atoms with E-state index in [1.165, 1.54) is 36.4 Å². The molecule has 109 heavy (non-hydrogen) atoms. The number of aromatic carboxylic acids is 6. The summed E-state index contributed by atoms with van der Waals surface area (Å²) in [4.78, 5) is 97.4. The summed E-state index contributed by atoms with van der Waals surface area (Å²) in [5, 5.41) is 77.6. The van der Waals surface area contributed by atoms with E-state index in [1.54, 1.807) is 69.3 Å². The zero-order valence-corrected chi connectivity index (χ0v) is 64.1. The van der Waals surface area contributed by atoms with Crippen molar-refractivity contribution in [3.8, 4) is 0 Å². The number of hydrogen-bond acceptors (Lipinski definition) is 18. The number of hydrogen-bond donors (Lipinski definition) is 6. The zero-order chi connectivity index (χ0) is 81.4. The molecular weight excluding hydrogens is 1420 g/mol. The number of rotatable bonds is 33. The Morgan fingerprint density at radius 1 is 0.330 bits per heavy atom. The van der Waals surface area contributed by atoms with E-state index >= 15 is 0 Å². The number of nitrogens with zero attached hydrogens (tertiary/aromatic N) is 6. The van der Waals surface area contributed by atoms with Gasteiger partial charge in [0.15, 0.2) is 0 Å². The van der Waals surface area contributed by atoms with Gasteiger partial charge in [0.1, 0.15) is 39.6 Å². The maximum atomic E-state index is 12.8. The van der Waals surface area contributed by atoms with Crippen LogP contribution >= 0.6 is 0 Å². The normalized spacial score (nSPS) is 12.2. The summed E-state index contributed by atoms with van der Waals surface area (Å²) in [6, 6.07) is 28.8. The highest BCUT2D eigenvalue weighted by atomic mass is 19.3. The molecule has 0 unspecified atom stereocenters. The minimum absolute atomic E-state index is 0.0438. The predicted octanol–water partition coefficient (Wildman–Crippen LogP) is 19.7. The van der Waals surface area contributed by atoms with Gasteiger partial charge in [-0.25, -0.2) is 46.3 Å². The van der Waals surface area contributed by atoms with Gasteiger partial charge in [-0.2, -0.15) is 0 Å². The number of benzene rings is 6. The molecule has 0 heterocycles. The maximum absolute atomic E-state index is 12.8. The molecule has 0 amide bonds. The van der Waals surface area contributed by atoms with Gasteiger partial charge < -0.3 is 59.7 Å². The first-order valence-corrected chi connectivity index (χ1v) is 35.3. The van der Waals surface area contributed by atoms with Crippen LogP contribution in [0.25, 0.3) is 0 Å². The summed E-state index contributed by atoms with van der Waals surface area (Å²) in [7, 11) is 0. The zero-order valence-electron chi connectivity index (χ0n) is 64.1. The lowest BCUT2D eigenvalue weighted by Crippen LogP contribution is -2.07. The molecule has 2 saturated carbocycles. The van der Waals surface area contributed by atoms with Crippen LogP contribution < -0.4 is 0 Å². The van der Waals surface area contributed by atoms with Crippen LogP contribution in [0.4, 0.5) is 17.6 Å². The third kappa shape index (κ3) is 32.0. The van der Waals surface area contributed by atoms with Gasteiger partial charge in [-0.1, -0.05) is 138 Å². The molecule has 0 aliphatic heterocycles. The standard InChI is InChI=1S/C15H19NO3.C14H17NO3.C14H19NO3.C13H15F2NO3.C13H17NO3.C12H13F2NO3/c1-3-10(2)16-19-9-14-12(11-7-8-11)5-4-6-13(14)15(17)18;1-9(2)15-18-8-13-11(10-6-7-10)4-3-5-12(13)14(16)17;1-4-10(3)15-18-9-13-11(5-2)7-6-8-12(13)14(16)17;1-3-8(2)16-19-7-11-9(12(14)15)5-4-6-10(11)13(17)18;1-4-10-6-5-7-11(13(15)16)12(10)8-17-14-9(2)3;1-7(2)15-18-6-10-8(11(13)14)4-3-5-9(10)12(16)17/h4-6,11H,3,7-9H2,1-2H3,(H,17,18);3-5,10H,6-8H2,1-2H3,(H,16,17);6-8H,4-5,9H2,1-3H3,(H,16,17);4-6,12H,3,7H2,1-2H3,(H,17,18);5-7H,4,8H2,1-3H3,(H,15,16);3-5,11H,6H2,1-2H3,(H,16,17). The second-order valence-electron chi connectivity index (χ2n) is 25.4. The molecule has 590 valence electrons. The van der Waals surface area contributed by atoms with Gasteiger partial charge in [-0.3, -0.25) is 0 Å². The SMILES string of the molecule is CC(C)=NOCc1c(C(=O)O)cccc1C(F)F.CC(C)=NOCc1c(C(=O)O)cccc1C1CC1.CCC(C)=NOCc1c(C(=O)O)cccc1C(F)F.CCC(C)=NOCc1c(C(=O)O)cccc1C1CC1.CCC(C)=NOCc1c(CC)cccc1C(=O)O.CCc1cccc(C(=O)O)c1CON=C(C)C. The summed E-state index contributed by atoms with van der Waals surface area (Å²) in [5.41, 5.74) is 11.9. The van der Waals surface area contributed by atoms with Gasteiger partial charge in [0.05, 0.1) is 67.7 Å². The largest absolute Gasteiger partial charge is 0.478 e. The van der Waals surface area contributed by atoms with Crippen LogP contribution in [0.5, 0.6) is 0 Å². The number of halogens is 4. The van der Waals surface area contributed by atoms with Crippen LogP contribution in [0.2, 0.25) is 0 Å². The molecule has 24 nitrogen and oxygen atoms in total. The van der Waals surface area contributed by atoms with E-state index in [4.69, 9.17) is 49.5 Å². The monoisotopic (exact) mass is 1520 g/mol. The molecule has 6 aromatic rings. The molecule has 2 aliphatic carbocycles. The van der Waals surface area contributed by atoms with E-state index in [0.717, 1.165) is 108 Å². The van der Waals surface area contributed by atoms with Crippen LogP contribution in [-0.4, -0.2) is 101 Å². The third-order valence-electron chi connectivity index (χ3n) is 16.2. The number of carboxylic acids is 6. The first kappa shape index (κ1) is 91.9. The average molecular weight is 1520 g/mol. The number of aryl methyl sites for hydroxylation is 2. The molecule has 8 rings (SSSR count). The van der Waals surface area contributed by atoms with Crippen molar-refractivity contribution in [3.05, 3.63) is 209 Å². The molecule has 2 aliphatic rings. The maximum Gasteiger partial charge on any atom is 0.336 e. The fraction of sp³-hybridized carbons (Fsp3) is 0.407. The summed E-state index contributed by atoms with van der Waals surface area (Å²) in [5.74, 6) is -5.23. The summed E-state index contributed by atoms with van der Waals surface area (Å²) in [6.45, 7) is 26.3. The van der Waals surface area contributed by atoms with E-state index < -0.39 is 48.7 Å². The minimum Gasteiger partial charge on any atom is -0.478 e. The molecule has 0 bridgehead atoms. The molecule has 0 radical (unpaired) electrons. The van der Waals surface area contributed by atoms with Gasteiger partial charge in [0, 0.05) is 44.5 Å². The number of oxime groups is 6. The summed E-state index contributed by atoms with van der Waals surface area (Å²) < 4.78 is 51.2. The summed E-state index contributed by atoms with van der Waals surface area (Å²) in [6.07, 6.45) is 2.88. The second kappa shape index (κ2) is 48.1. The van der Waals surface area contributed by atoms with E-state index in [1.807, 2.05) is 100 Å². The molecule has 0 spiro atoms. The van der Waals surface area contributed by atoms with Gasteiger partial charge in [-0.15, -0.1) is 0 Å². The van der Waals surface area contributed by atoms with Crippen molar-refractivity contribution in [2.45, 2.75) is 219 Å². The topological polar surface area (TPSA) is 353 Å². The second-order valence-corrected chi connectivity index (χ2v) is 25.4. The highest BCUT2D eigenvalue weighted by Gasteiger charge is 2.30. The molecule has 6 N–H and O–H groups in total. The Balaban J connectivity index is 0.000000339. The Morgan fingerprint density at radius 3 is 0.780 bits per heavy atom. The van der Waals surface area contributed by atoms with E-state index in [-0.39, 0.29) is 78.6 Å². The van der Waals surface area contributed by atoms with Crippen LogP contribution in [0, 0.1) is 0 Å². The quantitative estimate of drug-likeness (QED) is 0.0127. The van der Waals surface area contributed by atoms with Gasteiger partial charge >= 0.3 is 35.8 Å². The average Bonchev–Trinajstić information content (AvgIpc) is 1.61. The fourth-order valence-corrected chi connectivity index (χ4v) is 9.99. The van der Waals surface area contributed by atoms with Gasteiger partial charge in [0.2, 0.25) is 0 Å². The van der Waals surface area contributed by atoms with Crippen molar-refractivity contribution in [1.29, 1.82) is 0 Å². The molecule has 28 heteroatoms. The lowest BCUT2D eigenvalue weighted by Gasteiger charge is -2.11. The van der Waals surface area contributed by atoms with Gasteiger partial charge in [0.25, 0.3) is 12.9 Å². The Morgan fingerprint density at radius 2 is 0.550 bits per heavy atom. The van der Waals surface area contributed by atoms with E-state index in [0.29, 0.717) is 57.5 Å². The van der Waals surface area contributed by atoms with Crippen LogP contribution in [-0.2, 0) is 81.5 Å². The molecule has 0 aromatic heterocycles. The first-order chi connectivity index (χ1) is 51.8. The lowest BCUT2D eigenvalue weighted by atomic mass is 9.98. The van der Waals surface area contributed by atoms with Crippen molar-refractivity contribution in [1.82, 2.24) is 0 Å². The minimum atomic E-state index is -2.76. The first-order valence-electron chi connectivity index (χ1n) is 35.3. The smallest absolute Gasteiger partial charge is 0.336 e. The van der Waals surface area contributed by atoms with E-state index in [2.05, 4.69) is 30.9 Å². The summed E-state index contributed by atoms with van der Waals surface area (Å²) >= 11 is 0. The lowest BCUT2D eigenvalue weighted by molar-refractivity contribution is 0.0675. The van der Waals surface area contributed by atoms with Crippen molar-refractivity contribution in [2.24, 2.45) is 30.9 Å². The number of carboxylic acid groups (broad SMARTS) is 6. The van der Waals surface area contributed by atoms with Crippen molar-refractivity contribution < 1.29 is 106 Å². The molecule has 0 atom stereocenters. The third-order valence-corrected chi connectivity index (χ3v) is 16.2. The van der Waals surface area contributed by atoms with Crippen molar-refractivity contribution in [2.75, 3.05) is 0 Å². The Hall–Kier alpha value is -11.3.